The van der Waals surface area contributed by atoms with Gasteiger partial charge in [0.25, 0.3) is 0 Å². The molecule has 2 unspecified atom stereocenters. The van der Waals surface area contributed by atoms with Crippen LogP contribution in [0.15, 0.2) is 24.9 Å². The third-order valence-corrected chi connectivity index (χ3v) is 2.66. The summed E-state index contributed by atoms with van der Waals surface area (Å²) in [5.74, 6) is -0.0732. The van der Waals surface area contributed by atoms with E-state index in [0.717, 1.165) is 31.4 Å². The van der Waals surface area contributed by atoms with Crippen LogP contribution in [-0.4, -0.2) is 18.0 Å². The van der Waals surface area contributed by atoms with Crippen LogP contribution >= 0.6 is 0 Å². The number of allylic oxidation sites excluding steroid dienone is 1. The number of nitrogens with one attached hydrogen (secondary N) is 2. The molecule has 0 aliphatic heterocycles. The Bertz CT molecular complexity index is 260. The molecule has 0 heterocycles. The fraction of sp³-hybridized carbons (Fsp3) is 0.583. The minimum absolute atomic E-state index is 0.0732. The average molecular weight is 208 g/mol. The second-order valence-electron chi connectivity index (χ2n) is 4.20. The van der Waals surface area contributed by atoms with Crippen molar-refractivity contribution < 1.29 is 4.79 Å². The third kappa shape index (κ3) is 4.19. The molecule has 2 atom stereocenters. The fourth-order valence-corrected chi connectivity index (χ4v) is 2.06. The first-order valence-corrected chi connectivity index (χ1v) is 5.46. The highest BCUT2D eigenvalue weighted by Gasteiger charge is 2.22. The van der Waals surface area contributed by atoms with Crippen molar-refractivity contribution in [3.63, 3.8) is 0 Å². The Kier molecular flexibility index (Phi) is 4.40. The summed E-state index contributed by atoms with van der Waals surface area (Å²) in [4.78, 5) is 11.1. The van der Waals surface area contributed by atoms with Gasteiger partial charge in [-0.25, -0.2) is 0 Å². The minimum atomic E-state index is -0.0732. The predicted molar refractivity (Wildman–Crippen MR) is 62.3 cm³/mol. The highest BCUT2D eigenvalue weighted by Crippen LogP contribution is 2.19. The van der Waals surface area contributed by atoms with Crippen LogP contribution in [0, 0.1) is 0 Å². The van der Waals surface area contributed by atoms with Crippen molar-refractivity contribution in [1.82, 2.24) is 10.6 Å². The fourth-order valence-electron chi connectivity index (χ4n) is 2.06. The summed E-state index contributed by atoms with van der Waals surface area (Å²) in [6, 6.07) is 0.729. The quantitative estimate of drug-likeness (QED) is 0.691. The number of hydrogen-bond acceptors (Lipinski definition) is 2. The van der Waals surface area contributed by atoms with Crippen LogP contribution in [-0.2, 0) is 4.79 Å². The zero-order chi connectivity index (χ0) is 11.3. The SMILES string of the molecule is C=CC(=O)NC1CCCC(NC(=C)C)C1. The molecule has 2 N–H and O–H groups in total. The van der Waals surface area contributed by atoms with Gasteiger partial charge in [-0.2, -0.15) is 0 Å². The Balaban J connectivity index is 2.38. The maximum atomic E-state index is 11.1. The number of carbonyl (C=O) groups is 1. The van der Waals surface area contributed by atoms with Crippen molar-refractivity contribution in [2.75, 3.05) is 0 Å². The lowest BCUT2D eigenvalue weighted by atomic mass is 9.91. The molecule has 15 heavy (non-hydrogen) atoms. The molecule has 3 nitrogen and oxygen atoms in total. The molecule has 1 rings (SSSR count). The molecule has 1 saturated carbocycles. The second kappa shape index (κ2) is 5.59. The van der Waals surface area contributed by atoms with Gasteiger partial charge in [-0.15, -0.1) is 0 Å². The van der Waals surface area contributed by atoms with Crippen LogP contribution in [0.2, 0.25) is 0 Å². The lowest BCUT2D eigenvalue weighted by Crippen LogP contribution is -2.43. The average Bonchev–Trinajstić information content (AvgIpc) is 2.17. The maximum Gasteiger partial charge on any atom is 0.243 e. The van der Waals surface area contributed by atoms with Crippen LogP contribution in [0.3, 0.4) is 0 Å². The molecule has 0 aromatic heterocycles. The van der Waals surface area contributed by atoms with Crippen molar-refractivity contribution in [1.29, 1.82) is 0 Å². The van der Waals surface area contributed by atoms with Crippen molar-refractivity contribution in [2.45, 2.75) is 44.7 Å². The standard InChI is InChI=1S/C12H20N2O/c1-4-12(15)14-11-7-5-6-10(8-11)13-9(2)3/h4,10-11,13H,1-2,5-8H2,3H3,(H,14,15). The molecule has 1 aliphatic carbocycles. The number of rotatable bonds is 4. The van der Waals surface area contributed by atoms with Gasteiger partial charge in [-0.05, 0) is 38.7 Å². The van der Waals surface area contributed by atoms with Crippen molar-refractivity contribution in [3.8, 4) is 0 Å². The van der Waals surface area contributed by atoms with Crippen molar-refractivity contribution >= 4 is 5.91 Å². The van der Waals surface area contributed by atoms with Gasteiger partial charge < -0.3 is 10.6 Å². The largest absolute Gasteiger partial charge is 0.386 e. The summed E-state index contributed by atoms with van der Waals surface area (Å²) in [5, 5.41) is 6.28. The zero-order valence-corrected chi connectivity index (χ0v) is 9.38. The Hall–Kier alpha value is -1.25. The van der Waals surface area contributed by atoms with Gasteiger partial charge in [-0.1, -0.05) is 13.2 Å². The third-order valence-electron chi connectivity index (χ3n) is 2.66. The van der Waals surface area contributed by atoms with Crippen LogP contribution in [0.25, 0.3) is 0 Å². The number of carbonyl (C=O) groups excluding carboxylic acids is 1. The van der Waals surface area contributed by atoms with E-state index in [0.29, 0.717) is 6.04 Å². The maximum absolute atomic E-state index is 11.1. The van der Waals surface area contributed by atoms with Gasteiger partial charge >= 0.3 is 0 Å². The van der Waals surface area contributed by atoms with Crippen LogP contribution < -0.4 is 10.6 Å². The lowest BCUT2D eigenvalue weighted by Gasteiger charge is -2.30. The summed E-state index contributed by atoms with van der Waals surface area (Å²) < 4.78 is 0. The van der Waals surface area contributed by atoms with Crippen molar-refractivity contribution in [2.24, 2.45) is 0 Å². The van der Waals surface area contributed by atoms with E-state index in [9.17, 15) is 4.79 Å². The van der Waals surface area contributed by atoms with Crippen molar-refractivity contribution in [3.05, 3.63) is 24.9 Å². The van der Waals surface area contributed by atoms with Gasteiger partial charge in [0.15, 0.2) is 0 Å². The molecule has 1 fully saturated rings. The van der Waals surface area contributed by atoms with Gasteiger partial charge in [0.1, 0.15) is 0 Å². The van der Waals surface area contributed by atoms with Crippen LogP contribution in [0.1, 0.15) is 32.6 Å². The highest BCUT2D eigenvalue weighted by atomic mass is 16.1. The highest BCUT2D eigenvalue weighted by molar-refractivity contribution is 5.87. The number of amides is 1. The molecule has 0 spiro atoms. The lowest BCUT2D eigenvalue weighted by molar-refractivity contribution is -0.117. The topological polar surface area (TPSA) is 41.1 Å². The summed E-state index contributed by atoms with van der Waals surface area (Å²) in [7, 11) is 0. The summed E-state index contributed by atoms with van der Waals surface area (Å²) >= 11 is 0. The van der Waals surface area contributed by atoms with Crippen LogP contribution in [0.5, 0.6) is 0 Å². The first-order valence-electron chi connectivity index (χ1n) is 5.46. The minimum Gasteiger partial charge on any atom is -0.386 e. The van der Waals surface area contributed by atoms with E-state index in [1.165, 1.54) is 6.08 Å². The second-order valence-corrected chi connectivity index (χ2v) is 4.20. The summed E-state index contributed by atoms with van der Waals surface area (Å²) in [6.07, 6.45) is 5.68. The monoisotopic (exact) mass is 208 g/mol. The molecular weight excluding hydrogens is 188 g/mol. The van der Waals surface area contributed by atoms with E-state index in [2.05, 4.69) is 23.8 Å². The Labute approximate surface area is 91.6 Å². The van der Waals surface area contributed by atoms with Crippen LogP contribution in [0.4, 0.5) is 0 Å². The van der Waals surface area contributed by atoms with E-state index >= 15 is 0 Å². The van der Waals surface area contributed by atoms with Gasteiger partial charge in [0, 0.05) is 17.8 Å². The molecule has 84 valence electrons. The summed E-state index contributed by atoms with van der Waals surface area (Å²) in [5.41, 5.74) is 0.996. The molecule has 3 heteroatoms. The first-order chi connectivity index (χ1) is 7.11. The molecule has 0 aromatic carbocycles. The van der Waals surface area contributed by atoms with E-state index in [4.69, 9.17) is 0 Å². The molecule has 0 radical (unpaired) electrons. The van der Waals surface area contributed by atoms with E-state index in [1.807, 2.05) is 6.92 Å². The molecule has 0 saturated heterocycles. The van der Waals surface area contributed by atoms with Gasteiger partial charge in [-0.3, -0.25) is 4.79 Å². The molecule has 1 aliphatic rings. The van der Waals surface area contributed by atoms with E-state index in [-0.39, 0.29) is 11.9 Å². The molecule has 0 bridgehead atoms. The molecular formula is C12H20N2O. The zero-order valence-electron chi connectivity index (χ0n) is 9.38. The first kappa shape index (κ1) is 11.8. The summed E-state index contributed by atoms with van der Waals surface area (Å²) in [6.45, 7) is 9.25. The number of hydrogen-bond donors (Lipinski definition) is 2. The Morgan fingerprint density at radius 2 is 1.93 bits per heavy atom. The van der Waals surface area contributed by atoms with Gasteiger partial charge in [0.2, 0.25) is 5.91 Å². The Morgan fingerprint density at radius 1 is 1.33 bits per heavy atom. The smallest absolute Gasteiger partial charge is 0.243 e. The van der Waals surface area contributed by atoms with Gasteiger partial charge in [0.05, 0.1) is 0 Å². The van der Waals surface area contributed by atoms with E-state index in [1.54, 1.807) is 0 Å². The Morgan fingerprint density at radius 3 is 2.47 bits per heavy atom. The normalized spacial score (nSPS) is 25.4. The molecule has 0 aromatic rings. The predicted octanol–water partition coefficient (Wildman–Crippen LogP) is 1.72. The molecule has 1 amide bonds. The van der Waals surface area contributed by atoms with E-state index < -0.39 is 0 Å².